The van der Waals surface area contributed by atoms with Crippen molar-refractivity contribution in [2.45, 2.75) is 43.9 Å². The zero-order valence-corrected chi connectivity index (χ0v) is 15.4. The van der Waals surface area contributed by atoms with Gasteiger partial charge in [0.1, 0.15) is 11.6 Å². The van der Waals surface area contributed by atoms with Gasteiger partial charge in [0.25, 0.3) is 0 Å². The Morgan fingerprint density at radius 1 is 1.42 bits per heavy atom. The second-order valence-corrected chi connectivity index (χ2v) is 9.08. The molecule has 10 heteroatoms. The van der Waals surface area contributed by atoms with Crippen molar-refractivity contribution in [2.24, 2.45) is 0 Å². The Hall–Kier alpha value is -1.55. The monoisotopic (exact) mass is 373 g/mol. The van der Waals surface area contributed by atoms with Gasteiger partial charge in [0, 0.05) is 18.2 Å². The average molecular weight is 374 g/mol. The topological polar surface area (TPSA) is 132 Å². The first-order valence-corrected chi connectivity index (χ1v) is 10.6. The van der Waals surface area contributed by atoms with Crippen LogP contribution < -0.4 is 11.5 Å². The fourth-order valence-corrected chi connectivity index (χ4v) is 5.18. The zero-order chi connectivity index (χ0) is 17.9. The Morgan fingerprint density at radius 3 is 2.54 bits per heavy atom. The normalized spacial score (nSPS) is 20.7. The molecular weight excluding hydrogens is 350 g/mol. The van der Waals surface area contributed by atoms with Crippen molar-refractivity contribution in [3.8, 4) is 0 Å². The van der Waals surface area contributed by atoms with Gasteiger partial charge >= 0.3 is 0 Å². The van der Waals surface area contributed by atoms with Gasteiger partial charge in [0.2, 0.25) is 5.91 Å². The fourth-order valence-electron chi connectivity index (χ4n) is 2.73. The first kappa shape index (κ1) is 18.8. The molecule has 8 nitrogen and oxygen atoms in total. The molecule has 2 rings (SSSR count). The number of carbonyl (C=O) groups excluding carboxylic acids is 1. The maximum atomic E-state index is 12.7. The number of sulfone groups is 1. The minimum absolute atomic E-state index is 0.0248. The minimum Gasteiger partial charge on any atom is -0.383 e. The Labute approximate surface area is 146 Å². The molecular formula is C14H23N5O3S2. The molecule has 0 aromatic carbocycles. The Balaban J connectivity index is 2.08. The van der Waals surface area contributed by atoms with Gasteiger partial charge in [-0.3, -0.25) is 4.79 Å². The van der Waals surface area contributed by atoms with Gasteiger partial charge in [0.05, 0.1) is 17.3 Å². The molecule has 0 aliphatic carbocycles. The van der Waals surface area contributed by atoms with Crippen molar-refractivity contribution in [3.05, 3.63) is 6.07 Å². The van der Waals surface area contributed by atoms with Crippen LogP contribution in [0.2, 0.25) is 0 Å². The number of aromatic nitrogens is 2. The lowest BCUT2D eigenvalue weighted by molar-refractivity contribution is -0.132. The first-order chi connectivity index (χ1) is 11.2. The number of thioether (sulfide) groups is 1. The van der Waals surface area contributed by atoms with Gasteiger partial charge in [0.15, 0.2) is 15.0 Å². The van der Waals surface area contributed by atoms with Crippen molar-refractivity contribution in [3.63, 3.8) is 0 Å². The maximum Gasteiger partial charge on any atom is 0.233 e. The van der Waals surface area contributed by atoms with E-state index in [2.05, 4.69) is 9.97 Å². The van der Waals surface area contributed by atoms with Gasteiger partial charge < -0.3 is 16.4 Å². The van der Waals surface area contributed by atoms with Crippen molar-refractivity contribution in [1.29, 1.82) is 0 Å². The van der Waals surface area contributed by atoms with E-state index in [1.807, 2.05) is 13.8 Å². The van der Waals surface area contributed by atoms with E-state index in [9.17, 15) is 13.2 Å². The van der Waals surface area contributed by atoms with Gasteiger partial charge in [-0.15, -0.1) is 0 Å². The van der Waals surface area contributed by atoms with Gasteiger partial charge in [-0.2, -0.15) is 0 Å². The van der Waals surface area contributed by atoms with Crippen LogP contribution in [0, 0.1) is 0 Å². The smallest absolute Gasteiger partial charge is 0.233 e. The Morgan fingerprint density at radius 2 is 2.04 bits per heavy atom. The van der Waals surface area contributed by atoms with E-state index < -0.39 is 9.84 Å². The predicted octanol–water partition coefficient (Wildman–Crippen LogP) is 0.547. The first-order valence-electron chi connectivity index (χ1n) is 7.76. The number of hydrogen-bond donors (Lipinski definition) is 2. The predicted molar refractivity (Wildman–Crippen MR) is 95.2 cm³/mol. The lowest BCUT2D eigenvalue weighted by Gasteiger charge is -2.33. The van der Waals surface area contributed by atoms with Crippen LogP contribution in [0.4, 0.5) is 11.6 Å². The lowest BCUT2D eigenvalue weighted by atomic mass is 10.1. The number of nitrogen functional groups attached to an aromatic ring is 2. The summed E-state index contributed by atoms with van der Waals surface area (Å²) in [5.41, 5.74) is 11.2. The molecule has 24 heavy (non-hydrogen) atoms. The van der Waals surface area contributed by atoms with Crippen LogP contribution in [0.5, 0.6) is 0 Å². The van der Waals surface area contributed by atoms with Crippen LogP contribution >= 0.6 is 11.8 Å². The summed E-state index contributed by atoms with van der Waals surface area (Å²) >= 11 is 1.15. The molecule has 1 aromatic heterocycles. The highest BCUT2D eigenvalue weighted by atomic mass is 32.2. The summed E-state index contributed by atoms with van der Waals surface area (Å²) in [6.45, 7) is 3.91. The number of nitrogens with two attached hydrogens (primary N) is 2. The zero-order valence-electron chi connectivity index (χ0n) is 13.8. The molecule has 2 heterocycles. The number of nitrogens with zero attached hydrogens (tertiary/aromatic N) is 3. The summed E-state index contributed by atoms with van der Waals surface area (Å²) in [6, 6.07) is 1.16. The average Bonchev–Trinajstić information content (AvgIpc) is 2.84. The van der Waals surface area contributed by atoms with Crippen molar-refractivity contribution >= 4 is 39.1 Å². The maximum absolute atomic E-state index is 12.7. The third kappa shape index (κ3) is 4.73. The van der Waals surface area contributed by atoms with E-state index in [4.69, 9.17) is 11.5 Å². The largest absolute Gasteiger partial charge is 0.383 e. The molecule has 4 N–H and O–H groups in total. The summed E-state index contributed by atoms with van der Waals surface area (Å²) in [6.07, 6.45) is 1.25. The van der Waals surface area contributed by atoms with E-state index >= 15 is 0 Å². The second-order valence-electron chi connectivity index (χ2n) is 5.90. The highest BCUT2D eigenvalue weighted by Gasteiger charge is 2.36. The number of anilines is 2. The molecule has 0 spiro atoms. The summed E-state index contributed by atoms with van der Waals surface area (Å²) in [5.74, 6) is 0.663. The number of carbonyl (C=O) groups is 1. The molecule has 0 radical (unpaired) electrons. The highest BCUT2D eigenvalue weighted by molar-refractivity contribution is 7.99. The molecule has 1 saturated heterocycles. The standard InChI is InChI=1S/C14H23N5O3S2/c1-3-9(2)19(10-4-5-24(21,22)8-10)13(20)7-23-14-17-11(15)6-12(16)18-14/h6,9-10H,3-5,7-8H2,1-2H3,(H4,15,16,17,18)/t9-,10+/m0/s1. The molecule has 0 unspecified atom stereocenters. The third-order valence-corrected chi connectivity index (χ3v) is 6.61. The fraction of sp³-hybridized carbons (Fsp3) is 0.643. The summed E-state index contributed by atoms with van der Waals surface area (Å²) in [4.78, 5) is 22.4. The summed E-state index contributed by atoms with van der Waals surface area (Å²) in [7, 11) is -3.05. The lowest BCUT2D eigenvalue weighted by Crippen LogP contribution is -2.47. The number of hydrogen-bond acceptors (Lipinski definition) is 8. The van der Waals surface area contributed by atoms with E-state index in [0.717, 1.165) is 18.2 Å². The van der Waals surface area contributed by atoms with Crippen molar-refractivity contribution < 1.29 is 13.2 Å². The third-order valence-electron chi connectivity index (χ3n) is 4.03. The minimum atomic E-state index is -3.05. The molecule has 1 amide bonds. The SMILES string of the molecule is CC[C@H](C)N(C(=O)CSc1nc(N)cc(N)n1)[C@@H]1CCS(=O)(=O)C1. The van der Waals surface area contributed by atoms with Crippen LogP contribution in [0.25, 0.3) is 0 Å². The van der Waals surface area contributed by atoms with Crippen molar-refractivity contribution in [2.75, 3.05) is 28.7 Å². The molecule has 2 atom stereocenters. The quantitative estimate of drug-likeness (QED) is 0.545. The molecule has 0 saturated carbocycles. The van der Waals surface area contributed by atoms with Crippen molar-refractivity contribution in [1.82, 2.24) is 14.9 Å². The molecule has 1 aromatic rings. The molecule has 134 valence electrons. The summed E-state index contributed by atoms with van der Waals surface area (Å²) < 4.78 is 23.5. The highest BCUT2D eigenvalue weighted by Crippen LogP contribution is 2.24. The van der Waals surface area contributed by atoms with Crippen LogP contribution in [0.1, 0.15) is 26.7 Å². The number of amides is 1. The van der Waals surface area contributed by atoms with Crippen LogP contribution in [-0.4, -0.2) is 58.5 Å². The van der Waals surface area contributed by atoms with E-state index in [1.165, 1.54) is 6.07 Å². The molecule has 1 aliphatic rings. The van der Waals surface area contributed by atoms with Gasteiger partial charge in [-0.25, -0.2) is 18.4 Å². The van der Waals surface area contributed by atoms with Gasteiger partial charge in [-0.05, 0) is 19.8 Å². The van der Waals surface area contributed by atoms with E-state index in [1.54, 1.807) is 4.90 Å². The molecule has 1 fully saturated rings. The molecule has 1 aliphatic heterocycles. The molecule has 0 bridgehead atoms. The second kappa shape index (κ2) is 7.56. The Bertz CT molecular complexity index is 690. The van der Waals surface area contributed by atoms with Gasteiger partial charge in [-0.1, -0.05) is 18.7 Å². The van der Waals surface area contributed by atoms with Crippen LogP contribution in [0.3, 0.4) is 0 Å². The van der Waals surface area contributed by atoms with E-state index in [0.29, 0.717) is 11.6 Å². The van der Waals surface area contributed by atoms with Crippen LogP contribution in [0.15, 0.2) is 11.2 Å². The van der Waals surface area contributed by atoms with E-state index in [-0.39, 0.29) is 46.9 Å². The number of rotatable bonds is 6. The summed E-state index contributed by atoms with van der Waals surface area (Å²) in [5, 5.41) is 0.337. The Kier molecular flexibility index (Phi) is 5.92. The van der Waals surface area contributed by atoms with Crippen LogP contribution in [-0.2, 0) is 14.6 Å².